The summed E-state index contributed by atoms with van der Waals surface area (Å²) in [5, 5.41) is 15.9. The van der Waals surface area contributed by atoms with Gasteiger partial charge in [0.2, 0.25) is 0 Å². The molecule has 2 aliphatic heterocycles. The minimum atomic E-state index is -3.29. The average Bonchev–Trinajstić information content (AvgIpc) is 3.25. The fraction of sp³-hybridized carbons (Fsp3) is 0.269. The number of anilines is 1. The first-order chi connectivity index (χ1) is 15.8. The number of aryl methyl sites for hydroxylation is 2. The van der Waals surface area contributed by atoms with Crippen molar-refractivity contribution < 1.29 is 4.57 Å². The number of nitrogens with zero attached hydrogens (tertiary/aromatic N) is 5. The molecule has 1 aromatic heterocycles. The van der Waals surface area contributed by atoms with Crippen molar-refractivity contribution in [2.45, 2.75) is 39.2 Å². The summed E-state index contributed by atoms with van der Waals surface area (Å²) in [6.07, 6.45) is 2.09. The van der Waals surface area contributed by atoms with Gasteiger partial charge in [0, 0.05) is 35.4 Å². The van der Waals surface area contributed by atoms with E-state index in [4.69, 9.17) is 10.3 Å². The Morgan fingerprint density at radius 3 is 2.48 bits per heavy atom. The van der Waals surface area contributed by atoms with E-state index < -0.39 is 7.14 Å². The van der Waals surface area contributed by atoms with Crippen LogP contribution in [0.1, 0.15) is 31.5 Å². The molecule has 0 spiro atoms. The van der Waals surface area contributed by atoms with E-state index in [0.29, 0.717) is 29.8 Å². The maximum absolute atomic E-state index is 15.4. The van der Waals surface area contributed by atoms with Crippen molar-refractivity contribution in [2.75, 3.05) is 11.9 Å². The summed E-state index contributed by atoms with van der Waals surface area (Å²) in [4.78, 5) is 6.95. The molecule has 0 fully saturated rings. The first kappa shape index (κ1) is 21.4. The molecule has 0 radical (unpaired) electrons. The first-order valence-corrected chi connectivity index (χ1v) is 12.8. The van der Waals surface area contributed by atoms with E-state index >= 15 is 4.57 Å². The van der Waals surface area contributed by atoms with Gasteiger partial charge in [0.05, 0.1) is 35.3 Å². The fourth-order valence-corrected chi connectivity index (χ4v) is 8.54. The van der Waals surface area contributed by atoms with Gasteiger partial charge in [-0.2, -0.15) is 10.4 Å². The van der Waals surface area contributed by atoms with Crippen LogP contribution in [-0.4, -0.2) is 23.0 Å². The van der Waals surface area contributed by atoms with Gasteiger partial charge in [-0.3, -0.25) is 0 Å². The molecule has 1 atom stereocenters. The number of likely N-dealkylation sites (N-methyl/N-ethyl adjacent to an activating group) is 1. The third kappa shape index (κ3) is 2.96. The summed E-state index contributed by atoms with van der Waals surface area (Å²) in [6, 6.07) is 20.2. The number of benzene rings is 2. The second-order valence-corrected chi connectivity index (χ2v) is 11.7. The molecule has 2 aliphatic rings. The standard InChI is InChI=1S/C26H26N5OP/c1-18-23-25(31(29-18)16-10-15-27)28-17-22(33(23,32)19-11-6-5-7-12-19)24-26(2,3)20-13-8-9-14-21(20)30(24)4/h5-9,11-14,17H,10,16H2,1-4H3/b24-22+. The van der Waals surface area contributed by atoms with Crippen LogP contribution in [0.25, 0.3) is 0 Å². The van der Waals surface area contributed by atoms with Crippen LogP contribution < -0.4 is 15.5 Å². The number of hydrogen-bond donors (Lipinski definition) is 0. The molecule has 0 amide bonds. The van der Waals surface area contributed by atoms with Gasteiger partial charge in [-0.25, -0.2) is 9.67 Å². The van der Waals surface area contributed by atoms with Crippen LogP contribution in [0.2, 0.25) is 0 Å². The van der Waals surface area contributed by atoms with Crippen molar-refractivity contribution in [3.05, 3.63) is 76.9 Å². The van der Waals surface area contributed by atoms with Gasteiger partial charge in [0.25, 0.3) is 0 Å². The highest BCUT2D eigenvalue weighted by Crippen LogP contribution is 2.61. The van der Waals surface area contributed by atoms with Gasteiger partial charge in [-0.15, -0.1) is 0 Å². The molecule has 0 aliphatic carbocycles. The Bertz CT molecular complexity index is 1410. The number of hydrogen-bond acceptors (Lipinski definition) is 5. The summed E-state index contributed by atoms with van der Waals surface area (Å²) in [6.45, 7) is 6.67. The Labute approximate surface area is 194 Å². The molecule has 2 aromatic carbocycles. The molecule has 0 bridgehead atoms. The van der Waals surface area contributed by atoms with E-state index in [-0.39, 0.29) is 5.41 Å². The second-order valence-electron chi connectivity index (χ2n) is 9.03. The van der Waals surface area contributed by atoms with E-state index in [0.717, 1.165) is 22.0 Å². The van der Waals surface area contributed by atoms with Gasteiger partial charge >= 0.3 is 0 Å². The maximum atomic E-state index is 15.4. The molecule has 166 valence electrons. The van der Waals surface area contributed by atoms with E-state index in [1.165, 1.54) is 5.56 Å². The number of aromatic nitrogens is 2. The molecule has 3 aromatic rings. The molecule has 0 saturated heterocycles. The van der Waals surface area contributed by atoms with Gasteiger partial charge < -0.3 is 9.46 Å². The fourth-order valence-electron chi connectivity index (χ4n) is 5.26. The number of para-hydroxylation sites is 1. The van der Waals surface area contributed by atoms with Crippen molar-refractivity contribution in [3.63, 3.8) is 0 Å². The Hall–Kier alpha value is -3.42. The molecule has 3 heterocycles. The van der Waals surface area contributed by atoms with Gasteiger partial charge in [0.1, 0.15) is 0 Å². The topological polar surface area (TPSA) is 74.3 Å². The largest absolute Gasteiger partial charge is 0.346 e. The molecule has 1 unspecified atom stereocenters. The number of allylic oxidation sites excluding steroid dienone is 2. The van der Waals surface area contributed by atoms with Crippen molar-refractivity contribution in [1.29, 1.82) is 5.26 Å². The highest BCUT2D eigenvalue weighted by molar-refractivity contribution is 7.83. The van der Waals surface area contributed by atoms with E-state index in [1.54, 1.807) is 10.9 Å². The lowest BCUT2D eigenvalue weighted by molar-refractivity contribution is 0.588. The number of nitriles is 1. The zero-order chi connectivity index (χ0) is 23.4. The van der Waals surface area contributed by atoms with E-state index in [2.05, 4.69) is 48.1 Å². The van der Waals surface area contributed by atoms with Crippen molar-refractivity contribution in [3.8, 4) is 6.07 Å². The van der Waals surface area contributed by atoms with Crippen LogP contribution in [-0.2, 0) is 16.5 Å². The molecule has 33 heavy (non-hydrogen) atoms. The van der Waals surface area contributed by atoms with Crippen LogP contribution in [0.5, 0.6) is 0 Å². The third-order valence-electron chi connectivity index (χ3n) is 6.70. The number of rotatable bonds is 3. The zero-order valence-corrected chi connectivity index (χ0v) is 20.2. The molecular formula is C26H26N5OP. The highest BCUT2D eigenvalue weighted by atomic mass is 31.2. The predicted octanol–water partition coefficient (Wildman–Crippen LogP) is 4.77. The lowest BCUT2D eigenvalue weighted by Crippen LogP contribution is -2.30. The first-order valence-electron chi connectivity index (χ1n) is 11.0. The van der Waals surface area contributed by atoms with Gasteiger partial charge in [-0.1, -0.05) is 62.4 Å². The Balaban J connectivity index is 1.84. The predicted molar refractivity (Wildman–Crippen MR) is 134 cm³/mol. The van der Waals surface area contributed by atoms with Crippen LogP contribution >= 0.6 is 7.14 Å². The van der Waals surface area contributed by atoms with Crippen LogP contribution in [0.4, 0.5) is 11.5 Å². The Morgan fingerprint density at radius 2 is 1.79 bits per heavy atom. The average molecular weight is 456 g/mol. The molecular weight excluding hydrogens is 429 g/mol. The summed E-state index contributed by atoms with van der Waals surface area (Å²) in [5.74, 6) is 0.593. The van der Waals surface area contributed by atoms with Crippen LogP contribution in [0.3, 0.4) is 0 Å². The minimum absolute atomic E-state index is 0.317. The summed E-state index contributed by atoms with van der Waals surface area (Å²) >= 11 is 0. The zero-order valence-electron chi connectivity index (χ0n) is 19.3. The molecule has 0 saturated carbocycles. The number of aliphatic imine (C=N–C) groups is 1. The summed E-state index contributed by atoms with van der Waals surface area (Å²) in [7, 11) is -1.25. The second kappa shape index (κ2) is 7.57. The van der Waals surface area contributed by atoms with E-state index in [1.807, 2.05) is 50.4 Å². The van der Waals surface area contributed by atoms with Crippen molar-refractivity contribution >= 4 is 35.5 Å². The third-order valence-corrected chi connectivity index (χ3v) is 9.88. The van der Waals surface area contributed by atoms with Crippen molar-refractivity contribution in [1.82, 2.24) is 9.78 Å². The summed E-state index contributed by atoms with van der Waals surface area (Å²) in [5.41, 5.74) is 3.66. The minimum Gasteiger partial charge on any atom is -0.346 e. The lowest BCUT2D eigenvalue weighted by Gasteiger charge is -2.32. The normalized spacial score (nSPS) is 22.7. The summed E-state index contributed by atoms with van der Waals surface area (Å²) < 4.78 is 17.1. The Morgan fingerprint density at radius 1 is 1.09 bits per heavy atom. The van der Waals surface area contributed by atoms with Crippen molar-refractivity contribution in [2.24, 2.45) is 4.99 Å². The van der Waals surface area contributed by atoms with Crippen LogP contribution in [0.15, 0.2) is 70.6 Å². The van der Waals surface area contributed by atoms with Gasteiger partial charge in [-0.05, 0) is 18.6 Å². The van der Waals surface area contributed by atoms with Crippen LogP contribution in [0, 0.1) is 18.3 Å². The van der Waals surface area contributed by atoms with Gasteiger partial charge in [0.15, 0.2) is 13.0 Å². The quantitative estimate of drug-likeness (QED) is 0.533. The SMILES string of the molecule is Cc1nn(CCC#N)c2c1P(=O)(c1ccccc1)/C(=C1/N(C)c3ccccc3C1(C)C)C=N2. The lowest BCUT2D eigenvalue weighted by atomic mass is 9.84. The van der Waals surface area contributed by atoms with E-state index in [9.17, 15) is 0 Å². The highest BCUT2D eigenvalue weighted by Gasteiger charge is 2.48. The molecule has 0 N–H and O–H groups in total. The smallest absolute Gasteiger partial charge is 0.179 e. The molecule has 5 rings (SSSR count). The molecule has 7 heteroatoms. The monoisotopic (exact) mass is 455 g/mol. The Kier molecular flexibility index (Phi) is 4.92. The molecule has 6 nitrogen and oxygen atoms in total. The maximum Gasteiger partial charge on any atom is 0.179 e. The number of fused-ring (bicyclic) bond motifs is 2.